The van der Waals surface area contributed by atoms with Crippen LogP contribution in [-0.2, 0) is 0 Å². The molecule has 0 radical (unpaired) electrons. The summed E-state index contributed by atoms with van der Waals surface area (Å²) in [5, 5.41) is 8.05. The predicted octanol–water partition coefficient (Wildman–Crippen LogP) is 2.27. The Bertz CT molecular complexity index is 620. The molecule has 3 rings (SSSR count). The van der Waals surface area contributed by atoms with E-state index in [2.05, 4.69) is 39.1 Å². The predicted molar refractivity (Wildman–Crippen MR) is 84.2 cm³/mol. The molecule has 1 aromatic carbocycles. The third-order valence-corrected chi connectivity index (χ3v) is 4.18. The topological polar surface area (TPSA) is 54.6 Å². The van der Waals surface area contributed by atoms with Crippen molar-refractivity contribution in [2.24, 2.45) is 0 Å². The Morgan fingerprint density at radius 3 is 2.59 bits per heavy atom. The van der Waals surface area contributed by atoms with E-state index in [-0.39, 0.29) is 6.04 Å². The molecule has 2 heterocycles. The lowest BCUT2D eigenvalue weighted by atomic mass is 10.2. The summed E-state index contributed by atoms with van der Waals surface area (Å²) in [7, 11) is 1.70. The molecule has 0 N–H and O–H groups in total. The number of anilines is 1. The largest absolute Gasteiger partial charge is 0.497 e. The summed E-state index contributed by atoms with van der Waals surface area (Å²) in [4.78, 5) is 4.76. The summed E-state index contributed by atoms with van der Waals surface area (Å²) >= 11 is 0. The van der Waals surface area contributed by atoms with E-state index in [1.807, 2.05) is 19.1 Å². The van der Waals surface area contributed by atoms with Gasteiger partial charge in [-0.15, -0.1) is 10.2 Å². The van der Waals surface area contributed by atoms with Crippen molar-refractivity contribution in [3.63, 3.8) is 0 Å². The molecule has 0 bridgehead atoms. The van der Waals surface area contributed by atoms with Crippen LogP contribution in [0.5, 0.6) is 5.75 Å². The number of aromatic nitrogens is 2. The maximum absolute atomic E-state index is 5.55. The Morgan fingerprint density at radius 1 is 1.18 bits per heavy atom. The number of methoxy groups -OCH3 is 1. The number of hydrogen-bond donors (Lipinski definition) is 0. The van der Waals surface area contributed by atoms with Gasteiger partial charge in [0.1, 0.15) is 5.75 Å². The number of piperazine rings is 1. The van der Waals surface area contributed by atoms with Crippen molar-refractivity contribution >= 4 is 5.69 Å². The van der Waals surface area contributed by atoms with Gasteiger partial charge < -0.3 is 14.1 Å². The first kappa shape index (κ1) is 14.8. The summed E-state index contributed by atoms with van der Waals surface area (Å²) in [6, 6.07) is 8.38. The first-order valence-electron chi connectivity index (χ1n) is 7.60. The zero-order valence-electron chi connectivity index (χ0n) is 13.3. The van der Waals surface area contributed by atoms with Gasteiger partial charge >= 0.3 is 0 Å². The highest BCUT2D eigenvalue weighted by atomic mass is 16.5. The van der Waals surface area contributed by atoms with Gasteiger partial charge in [0.15, 0.2) is 0 Å². The van der Waals surface area contributed by atoms with Gasteiger partial charge in [0.25, 0.3) is 0 Å². The molecule has 2 aromatic rings. The molecule has 0 amide bonds. The Labute approximate surface area is 130 Å². The summed E-state index contributed by atoms with van der Waals surface area (Å²) in [5.41, 5.74) is 1.21. The Morgan fingerprint density at radius 2 is 1.95 bits per heavy atom. The number of benzene rings is 1. The highest BCUT2D eigenvalue weighted by Gasteiger charge is 2.25. The lowest BCUT2D eigenvalue weighted by molar-refractivity contribution is 0.172. The van der Waals surface area contributed by atoms with Gasteiger partial charge in [-0.05, 0) is 19.1 Å². The molecular formula is C16H22N4O2. The van der Waals surface area contributed by atoms with E-state index >= 15 is 0 Å². The zero-order chi connectivity index (χ0) is 15.5. The van der Waals surface area contributed by atoms with Crippen molar-refractivity contribution in [1.29, 1.82) is 0 Å². The second-order valence-corrected chi connectivity index (χ2v) is 5.56. The third-order valence-electron chi connectivity index (χ3n) is 4.18. The molecule has 6 nitrogen and oxygen atoms in total. The summed E-state index contributed by atoms with van der Waals surface area (Å²) in [6.45, 7) is 7.84. The van der Waals surface area contributed by atoms with Crippen LogP contribution in [0.15, 0.2) is 28.7 Å². The van der Waals surface area contributed by atoms with Crippen molar-refractivity contribution in [3.8, 4) is 5.75 Å². The normalized spacial score (nSPS) is 17.5. The van der Waals surface area contributed by atoms with Gasteiger partial charge in [0, 0.05) is 44.9 Å². The van der Waals surface area contributed by atoms with Crippen LogP contribution in [0.4, 0.5) is 5.69 Å². The monoisotopic (exact) mass is 302 g/mol. The number of rotatable bonds is 4. The molecule has 1 aliphatic heterocycles. The molecule has 1 saturated heterocycles. The quantitative estimate of drug-likeness (QED) is 0.863. The highest BCUT2D eigenvalue weighted by Crippen LogP contribution is 2.25. The lowest BCUT2D eigenvalue weighted by Crippen LogP contribution is -2.47. The standard InChI is InChI=1S/C16H22N4O2/c1-12(16-18-17-13(2)22-16)19-7-9-20(10-8-19)14-5-4-6-15(11-14)21-3/h4-6,11-12H,7-10H2,1-3H3/t12-/m0/s1. The molecule has 0 unspecified atom stereocenters. The maximum Gasteiger partial charge on any atom is 0.233 e. The average molecular weight is 302 g/mol. The summed E-state index contributed by atoms with van der Waals surface area (Å²) in [5.74, 6) is 2.22. The van der Waals surface area contributed by atoms with Gasteiger partial charge in [-0.3, -0.25) is 4.90 Å². The second-order valence-electron chi connectivity index (χ2n) is 5.56. The maximum atomic E-state index is 5.55. The molecule has 1 atom stereocenters. The van der Waals surface area contributed by atoms with Crippen LogP contribution in [0.3, 0.4) is 0 Å². The molecular weight excluding hydrogens is 280 g/mol. The first-order valence-corrected chi connectivity index (χ1v) is 7.60. The van der Waals surface area contributed by atoms with E-state index in [9.17, 15) is 0 Å². The minimum Gasteiger partial charge on any atom is -0.497 e. The fourth-order valence-electron chi connectivity index (χ4n) is 2.81. The fourth-order valence-corrected chi connectivity index (χ4v) is 2.81. The Balaban J connectivity index is 1.62. The van der Waals surface area contributed by atoms with Crippen LogP contribution in [0, 0.1) is 6.92 Å². The number of hydrogen-bond acceptors (Lipinski definition) is 6. The number of aryl methyl sites for hydroxylation is 1. The molecule has 118 valence electrons. The molecule has 1 aromatic heterocycles. The molecule has 0 spiro atoms. The van der Waals surface area contributed by atoms with Crippen molar-refractivity contribution in [1.82, 2.24) is 15.1 Å². The van der Waals surface area contributed by atoms with E-state index in [1.54, 1.807) is 7.11 Å². The van der Waals surface area contributed by atoms with E-state index in [4.69, 9.17) is 9.15 Å². The van der Waals surface area contributed by atoms with Gasteiger partial charge in [-0.2, -0.15) is 0 Å². The van der Waals surface area contributed by atoms with Gasteiger partial charge in [0.05, 0.1) is 13.2 Å². The molecule has 1 fully saturated rings. The number of nitrogens with zero attached hydrogens (tertiary/aromatic N) is 4. The van der Waals surface area contributed by atoms with Crippen LogP contribution in [0.25, 0.3) is 0 Å². The van der Waals surface area contributed by atoms with Gasteiger partial charge in [-0.1, -0.05) is 6.07 Å². The summed E-state index contributed by atoms with van der Waals surface area (Å²) in [6.07, 6.45) is 0. The van der Waals surface area contributed by atoms with E-state index in [1.165, 1.54) is 5.69 Å². The van der Waals surface area contributed by atoms with Crippen molar-refractivity contribution in [2.45, 2.75) is 19.9 Å². The smallest absolute Gasteiger partial charge is 0.233 e. The van der Waals surface area contributed by atoms with Crippen LogP contribution in [-0.4, -0.2) is 48.4 Å². The van der Waals surface area contributed by atoms with Crippen LogP contribution in [0.1, 0.15) is 24.7 Å². The van der Waals surface area contributed by atoms with Crippen LogP contribution < -0.4 is 9.64 Å². The molecule has 0 aliphatic carbocycles. The SMILES string of the molecule is COc1cccc(N2CCN([C@@H](C)c3nnc(C)o3)CC2)c1. The fraction of sp³-hybridized carbons (Fsp3) is 0.500. The second kappa shape index (κ2) is 6.36. The van der Waals surface area contributed by atoms with E-state index in [0.717, 1.165) is 31.9 Å². The Hall–Kier alpha value is -2.08. The van der Waals surface area contributed by atoms with Crippen molar-refractivity contribution < 1.29 is 9.15 Å². The molecule has 1 aliphatic rings. The average Bonchev–Trinajstić information content (AvgIpc) is 3.01. The first-order chi connectivity index (χ1) is 10.7. The van der Waals surface area contributed by atoms with E-state index in [0.29, 0.717) is 11.8 Å². The Kier molecular flexibility index (Phi) is 4.29. The highest BCUT2D eigenvalue weighted by molar-refractivity contribution is 5.51. The summed E-state index contributed by atoms with van der Waals surface area (Å²) < 4.78 is 10.8. The van der Waals surface area contributed by atoms with Crippen LogP contribution >= 0.6 is 0 Å². The van der Waals surface area contributed by atoms with Crippen LogP contribution in [0.2, 0.25) is 0 Å². The molecule has 0 saturated carbocycles. The minimum absolute atomic E-state index is 0.161. The van der Waals surface area contributed by atoms with Gasteiger partial charge in [0.2, 0.25) is 11.8 Å². The van der Waals surface area contributed by atoms with E-state index < -0.39 is 0 Å². The van der Waals surface area contributed by atoms with Gasteiger partial charge in [-0.25, -0.2) is 0 Å². The molecule has 6 heteroatoms. The van der Waals surface area contributed by atoms with Crippen molar-refractivity contribution in [2.75, 3.05) is 38.2 Å². The lowest BCUT2D eigenvalue weighted by Gasteiger charge is -2.38. The zero-order valence-corrected chi connectivity index (χ0v) is 13.3. The minimum atomic E-state index is 0.161. The molecule has 22 heavy (non-hydrogen) atoms. The van der Waals surface area contributed by atoms with Crippen molar-refractivity contribution in [3.05, 3.63) is 36.0 Å². The number of ether oxygens (including phenoxy) is 1. The third kappa shape index (κ3) is 3.06.